The quantitative estimate of drug-likeness (QED) is 0.751. The molecule has 0 saturated heterocycles. The first-order chi connectivity index (χ1) is 11.2. The summed E-state index contributed by atoms with van der Waals surface area (Å²) in [6.45, 7) is 2.05. The first-order valence-corrected chi connectivity index (χ1v) is 7.37. The summed E-state index contributed by atoms with van der Waals surface area (Å²) in [5.41, 5.74) is 3.69. The molecule has 0 spiro atoms. The largest absolute Gasteiger partial charge is 0.354 e. The predicted molar refractivity (Wildman–Crippen MR) is 93.1 cm³/mol. The predicted octanol–water partition coefficient (Wildman–Crippen LogP) is 4.39. The van der Waals surface area contributed by atoms with Crippen molar-refractivity contribution in [3.8, 4) is 0 Å². The second-order valence-corrected chi connectivity index (χ2v) is 5.24. The fourth-order valence-electron chi connectivity index (χ4n) is 2.12. The van der Waals surface area contributed by atoms with E-state index in [1.807, 2.05) is 48.5 Å². The number of anilines is 3. The van der Waals surface area contributed by atoms with Crippen molar-refractivity contribution in [3.63, 3.8) is 0 Å². The van der Waals surface area contributed by atoms with Gasteiger partial charge in [-0.15, -0.1) is 0 Å². The average Bonchev–Trinajstić information content (AvgIpc) is 2.59. The van der Waals surface area contributed by atoms with E-state index in [0.717, 1.165) is 11.4 Å². The summed E-state index contributed by atoms with van der Waals surface area (Å²) >= 11 is 0. The van der Waals surface area contributed by atoms with Crippen molar-refractivity contribution in [3.05, 3.63) is 84.1 Å². The van der Waals surface area contributed by atoms with Crippen LogP contribution in [0.4, 0.5) is 17.2 Å². The molecule has 0 saturated carbocycles. The minimum Gasteiger partial charge on any atom is -0.354 e. The van der Waals surface area contributed by atoms with Crippen molar-refractivity contribution in [1.29, 1.82) is 0 Å². The second-order valence-electron chi connectivity index (χ2n) is 5.24. The summed E-state index contributed by atoms with van der Waals surface area (Å²) < 4.78 is 0. The molecule has 0 bridgehead atoms. The monoisotopic (exact) mass is 303 g/mol. The van der Waals surface area contributed by atoms with Gasteiger partial charge in [-0.3, -0.25) is 4.79 Å². The number of nitrogens with one attached hydrogen (secondary N) is 2. The molecule has 2 aromatic carbocycles. The average molecular weight is 303 g/mol. The number of carbonyl (C=O) groups is 1. The number of amides is 1. The van der Waals surface area contributed by atoms with E-state index in [1.165, 1.54) is 5.56 Å². The minimum atomic E-state index is -0.169. The van der Waals surface area contributed by atoms with Gasteiger partial charge in [-0.1, -0.05) is 35.9 Å². The van der Waals surface area contributed by atoms with Crippen LogP contribution in [0.5, 0.6) is 0 Å². The Kier molecular flexibility index (Phi) is 4.34. The lowest BCUT2D eigenvalue weighted by Crippen LogP contribution is -2.12. The number of rotatable bonds is 4. The number of aromatic nitrogens is 1. The second kappa shape index (κ2) is 6.75. The Morgan fingerprint density at radius 1 is 0.870 bits per heavy atom. The molecule has 1 aromatic heterocycles. The molecule has 0 atom stereocenters. The SMILES string of the molecule is Cc1ccc(Nc2ccc(NC(=O)c3ccccc3)nc2)cc1. The topological polar surface area (TPSA) is 54.0 Å². The third kappa shape index (κ3) is 3.95. The molecular formula is C19H17N3O. The van der Waals surface area contributed by atoms with Gasteiger partial charge in [0, 0.05) is 11.3 Å². The fraction of sp³-hybridized carbons (Fsp3) is 0.0526. The van der Waals surface area contributed by atoms with E-state index in [9.17, 15) is 4.79 Å². The van der Waals surface area contributed by atoms with Gasteiger partial charge in [0.2, 0.25) is 0 Å². The molecule has 3 rings (SSSR count). The van der Waals surface area contributed by atoms with Crippen LogP contribution in [0, 0.1) is 6.92 Å². The number of pyridine rings is 1. The van der Waals surface area contributed by atoms with Crippen LogP contribution in [0.25, 0.3) is 0 Å². The van der Waals surface area contributed by atoms with E-state index in [4.69, 9.17) is 0 Å². The van der Waals surface area contributed by atoms with E-state index in [-0.39, 0.29) is 5.91 Å². The van der Waals surface area contributed by atoms with Gasteiger partial charge < -0.3 is 10.6 Å². The zero-order valence-corrected chi connectivity index (χ0v) is 12.8. The number of benzene rings is 2. The molecule has 0 aliphatic heterocycles. The van der Waals surface area contributed by atoms with E-state index < -0.39 is 0 Å². The van der Waals surface area contributed by atoms with Crippen LogP contribution in [0.2, 0.25) is 0 Å². The molecule has 0 fully saturated rings. The van der Waals surface area contributed by atoms with Crippen molar-refractivity contribution in [2.45, 2.75) is 6.92 Å². The summed E-state index contributed by atoms with van der Waals surface area (Å²) in [6, 6.07) is 20.8. The standard InChI is InChI=1S/C19H17N3O/c1-14-7-9-16(10-8-14)21-17-11-12-18(20-13-17)22-19(23)15-5-3-2-4-6-15/h2-13,21H,1H3,(H,20,22,23). The lowest BCUT2D eigenvalue weighted by atomic mass is 10.2. The van der Waals surface area contributed by atoms with E-state index in [1.54, 1.807) is 24.4 Å². The van der Waals surface area contributed by atoms with E-state index in [0.29, 0.717) is 11.4 Å². The molecule has 114 valence electrons. The lowest BCUT2D eigenvalue weighted by molar-refractivity contribution is 0.102. The van der Waals surface area contributed by atoms with Crippen molar-refractivity contribution in [2.75, 3.05) is 10.6 Å². The Hall–Kier alpha value is -3.14. The smallest absolute Gasteiger partial charge is 0.256 e. The molecule has 4 nitrogen and oxygen atoms in total. The van der Waals surface area contributed by atoms with Gasteiger partial charge in [0.25, 0.3) is 5.91 Å². The first kappa shape index (κ1) is 14.8. The Morgan fingerprint density at radius 3 is 2.22 bits per heavy atom. The Labute approximate surface area is 135 Å². The summed E-state index contributed by atoms with van der Waals surface area (Å²) in [6.07, 6.45) is 1.69. The molecule has 3 aromatic rings. The number of aryl methyl sites for hydroxylation is 1. The summed E-state index contributed by atoms with van der Waals surface area (Å²) in [4.78, 5) is 16.3. The van der Waals surface area contributed by atoms with Crippen molar-refractivity contribution in [2.24, 2.45) is 0 Å². The van der Waals surface area contributed by atoms with Gasteiger partial charge >= 0.3 is 0 Å². The molecule has 1 heterocycles. The molecule has 0 radical (unpaired) electrons. The van der Waals surface area contributed by atoms with E-state index >= 15 is 0 Å². The summed E-state index contributed by atoms with van der Waals surface area (Å²) in [5.74, 6) is 0.352. The highest BCUT2D eigenvalue weighted by Crippen LogP contribution is 2.17. The zero-order valence-electron chi connectivity index (χ0n) is 12.8. The fourth-order valence-corrected chi connectivity index (χ4v) is 2.12. The lowest BCUT2D eigenvalue weighted by Gasteiger charge is -2.08. The number of nitrogens with zero attached hydrogens (tertiary/aromatic N) is 1. The number of hydrogen-bond donors (Lipinski definition) is 2. The Morgan fingerprint density at radius 2 is 1.57 bits per heavy atom. The third-order valence-electron chi connectivity index (χ3n) is 3.38. The van der Waals surface area contributed by atoms with Crippen molar-refractivity contribution >= 4 is 23.1 Å². The van der Waals surface area contributed by atoms with Crippen LogP contribution in [0.15, 0.2) is 72.9 Å². The number of hydrogen-bond acceptors (Lipinski definition) is 3. The van der Waals surface area contributed by atoms with Gasteiger partial charge in [-0.25, -0.2) is 4.98 Å². The first-order valence-electron chi connectivity index (χ1n) is 7.37. The summed E-state index contributed by atoms with van der Waals surface area (Å²) in [7, 11) is 0. The Bertz CT molecular complexity index is 781. The molecule has 1 amide bonds. The van der Waals surface area contributed by atoms with Crippen LogP contribution in [0.3, 0.4) is 0 Å². The van der Waals surface area contributed by atoms with E-state index in [2.05, 4.69) is 22.5 Å². The van der Waals surface area contributed by atoms with Crippen LogP contribution in [-0.4, -0.2) is 10.9 Å². The molecule has 2 N–H and O–H groups in total. The highest BCUT2D eigenvalue weighted by molar-refractivity contribution is 6.03. The van der Waals surface area contributed by atoms with Crippen LogP contribution >= 0.6 is 0 Å². The maximum atomic E-state index is 12.1. The van der Waals surface area contributed by atoms with Crippen LogP contribution in [0.1, 0.15) is 15.9 Å². The van der Waals surface area contributed by atoms with Gasteiger partial charge in [0.1, 0.15) is 5.82 Å². The highest BCUT2D eigenvalue weighted by Gasteiger charge is 2.05. The van der Waals surface area contributed by atoms with Gasteiger partial charge in [0.05, 0.1) is 11.9 Å². The highest BCUT2D eigenvalue weighted by atomic mass is 16.1. The Balaban J connectivity index is 1.65. The maximum absolute atomic E-state index is 12.1. The molecule has 0 aliphatic rings. The molecule has 23 heavy (non-hydrogen) atoms. The normalized spacial score (nSPS) is 10.1. The number of carbonyl (C=O) groups excluding carboxylic acids is 1. The minimum absolute atomic E-state index is 0.169. The third-order valence-corrected chi connectivity index (χ3v) is 3.38. The maximum Gasteiger partial charge on any atom is 0.256 e. The van der Waals surface area contributed by atoms with Crippen molar-refractivity contribution < 1.29 is 4.79 Å². The molecule has 0 unspecified atom stereocenters. The van der Waals surface area contributed by atoms with Gasteiger partial charge in [-0.2, -0.15) is 0 Å². The van der Waals surface area contributed by atoms with Gasteiger partial charge in [-0.05, 0) is 43.3 Å². The zero-order chi connectivity index (χ0) is 16.1. The van der Waals surface area contributed by atoms with Crippen LogP contribution < -0.4 is 10.6 Å². The van der Waals surface area contributed by atoms with Crippen molar-refractivity contribution in [1.82, 2.24) is 4.98 Å². The molecule has 4 heteroatoms. The summed E-state index contributed by atoms with van der Waals surface area (Å²) in [5, 5.41) is 6.05. The molecule has 0 aliphatic carbocycles. The molecular weight excluding hydrogens is 286 g/mol. The van der Waals surface area contributed by atoms with Crippen LogP contribution in [-0.2, 0) is 0 Å². The van der Waals surface area contributed by atoms with Gasteiger partial charge in [0.15, 0.2) is 0 Å².